The number of H-pyrrole nitrogens is 1. The number of hydrogen-bond acceptors (Lipinski definition) is 7. The van der Waals surface area contributed by atoms with Crippen LogP contribution in [0, 0.1) is 18.6 Å². The SMILES string of the molecule is COc1cc(Nc2ncc(C)c(Nc3ccc4oc(=O)[nH]c4c3)n2)c(F)cc1F. The molecule has 0 amide bonds. The summed E-state index contributed by atoms with van der Waals surface area (Å²) in [4.78, 5) is 22.3. The Kier molecular flexibility index (Phi) is 4.59. The van der Waals surface area contributed by atoms with Crippen LogP contribution in [0.4, 0.5) is 31.9 Å². The van der Waals surface area contributed by atoms with E-state index in [-0.39, 0.29) is 17.4 Å². The van der Waals surface area contributed by atoms with Crippen LogP contribution in [0.25, 0.3) is 11.1 Å². The molecule has 0 fully saturated rings. The minimum atomic E-state index is -0.810. The molecule has 0 bridgehead atoms. The van der Waals surface area contributed by atoms with Crippen LogP contribution in [-0.4, -0.2) is 22.1 Å². The lowest BCUT2D eigenvalue weighted by Crippen LogP contribution is -2.04. The van der Waals surface area contributed by atoms with Crippen LogP contribution in [0.3, 0.4) is 0 Å². The summed E-state index contributed by atoms with van der Waals surface area (Å²) in [5, 5.41) is 5.83. The number of aryl methyl sites for hydroxylation is 1. The van der Waals surface area contributed by atoms with Crippen LogP contribution in [0.15, 0.2) is 45.7 Å². The first-order chi connectivity index (χ1) is 13.9. The molecule has 0 aliphatic heterocycles. The van der Waals surface area contributed by atoms with Crippen LogP contribution in [0.2, 0.25) is 0 Å². The Balaban J connectivity index is 1.62. The molecule has 0 radical (unpaired) electrons. The van der Waals surface area contributed by atoms with Gasteiger partial charge < -0.3 is 19.8 Å². The largest absolute Gasteiger partial charge is 0.494 e. The van der Waals surface area contributed by atoms with Crippen molar-refractivity contribution >= 4 is 34.2 Å². The van der Waals surface area contributed by atoms with Gasteiger partial charge in [-0.05, 0) is 25.1 Å². The van der Waals surface area contributed by atoms with Gasteiger partial charge in [0.1, 0.15) is 11.6 Å². The number of anilines is 4. The minimum absolute atomic E-state index is 0.0320. The van der Waals surface area contributed by atoms with Crippen LogP contribution in [0.1, 0.15) is 5.56 Å². The molecule has 8 nitrogen and oxygen atoms in total. The molecule has 2 heterocycles. The summed E-state index contributed by atoms with van der Waals surface area (Å²) < 4.78 is 37.5. The van der Waals surface area contributed by atoms with Crippen molar-refractivity contribution in [1.29, 1.82) is 0 Å². The molecule has 3 N–H and O–H groups in total. The first-order valence-corrected chi connectivity index (χ1v) is 8.46. The van der Waals surface area contributed by atoms with Crippen molar-refractivity contribution < 1.29 is 17.9 Å². The fraction of sp³-hybridized carbons (Fsp3) is 0.105. The minimum Gasteiger partial charge on any atom is -0.494 e. The maximum Gasteiger partial charge on any atom is 0.417 e. The highest BCUT2D eigenvalue weighted by Crippen LogP contribution is 2.28. The second kappa shape index (κ2) is 7.23. The summed E-state index contributed by atoms with van der Waals surface area (Å²) in [7, 11) is 1.29. The Hall–Kier alpha value is -3.95. The first-order valence-electron chi connectivity index (χ1n) is 8.46. The highest BCUT2D eigenvalue weighted by molar-refractivity contribution is 5.78. The Labute approximate surface area is 162 Å². The predicted octanol–water partition coefficient (Wildman–Crippen LogP) is 3.99. The van der Waals surface area contributed by atoms with Gasteiger partial charge in [-0.3, -0.25) is 4.98 Å². The van der Waals surface area contributed by atoms with E-state index in [1.807, 2.05) is 0 Å². The van der Waals surface area contributed by atoms with Crippen LogP contribution in [-0.2, 0) is 0 Å². The molecule has 0 aliphatic carbocycles. The van der Waals surface area contributed by atoms with Crippen LogP contribution < -0.4 is 21.1 Å². The highest BCUT2D eigenvalue weighted by Gasteiger charge is 2.13. The predicted molar refractivity (Wildman–Crippen MR) is 103 cm³/mol. The van der Waals surface area contributed by atoms with Gasteiger partial charge in [0.25, 0.3) is 0 Å². The number of hydrogen-bond donors (Lipinski definition) is 3. The van der Waals surface area contributed by atoms with Gasteiger partial charge in [-0.25, -0.2) is 18.6 Å². The average Bonchev–Trinajstić information content (AvgIpc) is 3.06. The zero-order chi connectivity index (χ0) is 20.5. The Morgan fingerprint density at radius 2 is 1.97 bits per heavy atom. The maximum absolute atomic E-state index is 14.1. The summed E-state index contributed by atoms with van der Waals surface area (Å²) in [6, 6.07) is 6.96. The van der Waals surface area contributed by atoms with Crippen molar-refractivity contribution in [3.8, 4) is 5.75 Å². The van der Waals surface area contributed by atoms with Gasteiger partial charge in [0, 0.05) is 29.6 Å². The van der Waals surface area contributed by atoms with Crippen molar-refractivity contribution in [2.24, 2.45) is 0 Å². The van der Waals surface area contributed by atoms with E-state index in [4.69, 9.17) is 9.15 Å². The third-order valence-electron chi connectivity index (χ3n) is 4.14. The number of oxazole rings is 1. The first kappa shape index (κ1) is 18.4. The Morgan fingerprint density at radius 3 is 2.76 bits per heavy atom. The molecule has 148 valence electrons. The number of nitrogens with one attached hydrogen (secondary N) is 3. The lowest BCUT2D eigenvalue weighted by Gasteiger charge is -2.12. The van der Waals surface area contributed by atoms with Gasteiger partial charge in [-0.15, -0.1) is 0 Å². The Bertz CT molecular complexity index is 1270. The molecule has 0 saturated carbocycles. The number of aromatic nitrogens is 3. The van der Waals surface area contributed by atoms with Crippen molar-refractivity contribution in [3.63, 3.8) is 0 Å². The third-order valence-corrected chi connectivity index (χ3v) is 4.14. The fourth-order valence-electron chi connectivity index (χ4n) is 2.70. The number of nitrogens with zero attached hydrogens (tertiary/aromatic N) is 2. The van der Waals surface area contributed by atoms with E-state index in [0.29, 0.717) is 22.6 Å². The van der Waals surface area contributed by atoms with E-state index < -0.39 is 17.4 Å². The summed E-state index contributed by atoms with van der Waals surface area (Å²) >= 11 is 0. The van der Waals surface area contributed by atoms with Gasteiger partial charge in [0.15, 0.2) is 17.1 Å². The van der Waals surface area contributed by atoms with Gasteiger partial charge in [0.05, 0.1) is 18.3 Å². The van der Waals surface area contributed by atoms with E-state index in [0.717, 1.165) is 11.6 Å². The standard InChI is InChI=1S/C19H15F2N5O3/c1-9-8-22-18(24-13-7-16(28-2)12(21)6-11(13)20)26-17(9)23-10-3-4-15-14(5-10)25-19(27)29-15/h3-8H,1-2H3,(H,25,27)(H2,22,23,24,26). The molecule has 0 unspecified atom stereocenters. The van der Waals surface area contributed by atoms with Gasteiger partial charge in [0.2, 0.25) is 5.95 Å². The summed E-state index contributed by atoms with van der Waals surface area (Å²) in [5.74, 6) is -1.71. The van der Waals surface area contributed by atoms with Crippen molar-refractivity contribution in [2.45, 2.75) is 6.92 Å². The molecular formula is C19H15F2N5O3. The van der Waals surface area contributed by atoms with Crippen LogP contribution in [0.5, 0.6) is 5.75 Å². The highest BCUT2D eigenvalue weighted by atomic mass is 19.1. The molecule has 29 heavy (non-hydrogen) atoms. The molecule has 2 aromatic heterocycles. The second-order valence-electron chi connectivity index (χ2n) is 6.17. The second-order valence-corrected chi connectivity index (χ2v) is 6.17. The summed E-state index contributed by atoms with van der Waals surface area (Å²) in [6.07, 6.45) is 1.55. The molecule has 0 saturated heterocycles. The molecule has 4 rings (SSSR count). The Morgan fingerprint density at radius 1 is 1.14 bits per heavy atom. The van der Waals surface area contributed by atoms with Gasteiger partial charge in [-0.1, -0.05) is 0 Å². The van der Waals surface area contributed by atoms with E-state index in [1.54, 1.807) is 31.3 Å². The monoisotopic (exact) mass is 399 g/mol. The topological polar surface area (TPSA) is 105 Å². The van der Waals surface area contributed by atoms with Gasteiger partial charge in [-0.2, -0.15) is 4.98 Å². The van der Waals surface area contributed by atoms with Gasteiger partial charge >= 0.3 is 5.76 Å². The zero-order valence-corrected chi connectivity index (χ0v) is 15.3. The number of halogens is 2. The van der Waals surface area contributed by atoms with Crippen LogP contribution >= 0.6 is 0 Å². The summed E-state index contributed by atoms with van der Waals surface area (Å²) in [6.45, 7) is 1.80. The number of fused-ring (bicyclic) bond motifs is 1. The van der Waals surface area contributed by atoms with Crippen molar-refractivity contribution in [3.05, 3.63) is 64.3 Å². The quantitative estimate of drug-likeness (QED) is 0.466. The number of rotatable bonds is 5. The smallest absolute Gasteiger partial charge is 0.417 e. The van der Waals surface area contributed by atoms with E-state index >= 15 is 0 Å². The van der Waals surface area contributed by atoms with E-state index in [1.165, 1.54) is 13.2 Å². The molecule has 4 aromatic rings. The maximum atomic E-state index is 14.1. The molecule has 0 aliphatic rings. The van der Waals surface area contributed by atoms with E-state index in [9.17, 15) is 13.6 Å². The lowest BCUT2D eigenvalue weighted by atomic mass is 10.2. The molecule has 2 aromatic carbocycles. The molecule has 10 heteroatoms. The number of aromatic amines is 1. The zero-order valence-electron chi connectivity index (χ0n) is 15.3. The summed E-state index contributed by atoms with van der Waals surface area (Å²) in [5.41, 5.74) is 2.31. The third kappa shape index (κ3) is 3.72. The molecule has 0 atom stereocenters. The number of methoxy groups -OCH3 is 1. The fourth-order valence-corrected chi connectivity index (χ4v) is 2.70. The number of ether oxygens (including phenoxy) is 1. The number of benzene rings is 2. The van der Waals surface area contributed by atoms with Crippen molar-refractivity contribution in [1.82, 2.24) is 15.0 Å². The molecule has 0 spiro atoms. The van der Waals surface area contributed by atoms with E-state index in [2.05, 4.69) is 25.6 Å². The lowest BCUT2D eigenvalue weighted by molar-refractivity contribution is 0.384. The van der Waals surface area contributed by atoms with Crippen molar-refractivity contribution in [2.75, 3.05) is 17.7 Å². The average molecular weight is 399 g/mol. The molecular weight excluding hydrogens is 384 g/mol. The normalized spacial score (nSPS) is 10.9.